The largest absolute Gasteiger partial charge is 0.366 e. The maximum absolute atomic E-state index is 3.71. The van der Waals surface area contributed by atoms with Gasteiger partial charge in [0.2, 0.25) is 0 Å². The van der Waals surface area contributed by atoms with Crippen molar-refractivity contribution in [1.82, 2.24) is 5.32 Å². The van der Waals surface area contributed by atoms with Gasteiger partial charge in [-0.15, -0.1) is 0 Å². The summed E-state index contributed by atoms with van der Waals surface area (Å²) in [5.74, 6) is 0.766. The number of nitrogens with zero attached hydrogens (tertiary/aromatic N) is 1. The van der Waals surface area contributed by atoms with Gasteiger partial charge in [0.05, 0.1) is 0 Å². The van der Waals surface area contributed by atoms with Crippen LogP contribution in [0.1, 0.15) is 44.7 Å². The highest BCUT2D eigenvalue weighted by atomic mass is 15.2. The van der Waals surface area contributed by atoms with Crippen LogP contribution in [0.3, 0.4) is 0 Å². The molecule has 2 nitrogen and oxygen atoms in total. The van der Waals surface area contributed by atoms with Crippen LogP contribution in [0, 0.1) is 5.92 Å². The normalized spacial score (nSPS) is 26.1. The van der Waals surface area contributed by atoms with Gasteiger partial charge in [-0.25, -0.2) is 0 Å². The number of anilines is 1. The molecular weight excluding hydrogens is 244 g/mol. The number of fused-ring (bicyclic) bond motifs is 1. The molecule has 1 aromatic rings. The zero-order valence-corrected chi connectivity index (χ0v) is 13.2. The van der Waals surface area contributed by atoms with Crippen LogP contribution in [-0.4, -0.2) is 25.2 Å². The minimum absolute atomic E-state index is 0.595. The van der Waals surface area contributed by atoms with E-state index in [0.717, 1.165) is 19.0 Å². The maximum Gasteiger partial charge on any atom is 0.0387 e. The van der Waals surface area contributed by atoms with Crippen molar-refractivity contribution in [3.63, 3.8) is 0 Å². The van der Waals surface area contributed by atoms with Crippen molar-refractivity contribution in [2.45, 2.75) is 58.5 Å². The number of nitrogens with one attached hydrogen (secondary N) is 1. The van der Waals surface area contributed by atoms with Crippen LogP contribution in [-0.2, 0) is 12.8 Å². The topological polar surface area (TPSA) is 15.3 Å². The SMILES string of the molecule is CC(C)CC1CN(c2ccc3c(c2)CCC3)C(C)CN1. The Kier molecular flexibility index (Phi) is 4.02. The molecule has 2 unspecified atom stereocenters. The van der Waals surface area contributed by atoms with Gasteiger partial charge in [-0.2, -0.15) is 0 Å². The van der Waals surface area contributed by atoms with Gasteiger partial charge in [-0.1, -0.05) is 19.9 Å². The molecule has 0 amide bonds. The highest BCUT2D eigenvalue weighted by molar-refractivity contribution is 5.53. The molecule has 2 heteroatoms. The Morgan fingerprint density at radius 1 is 1.25 bits per heavy atom. The number of piperazine rings is 1. The van der Waals surface area contributed by atoms with Crippen LogP contribution in [0.2, 0.25) is 0 Å². The summed E-state index contributed by atoms with van der Waals surface area (Å²) in [7, 11) is 0. The molecule has 1 aliphatic heterocycles. The fraction of sp³-hybridized carbons (Fsp3) is 0.667. The molecule has 3 rings (SSSR count). The molecule has 0 radical (unpaired) electrons. The minimum atomic E-state index is 0.595. The second-order valence-electron chi connectivity index (χ2n) is 7.04. The molecule has 110 valence electrons. The minimum Gasteiger partial charge on any atom is -0.366 e. The Labute approximate surface area is 123 Å². The second-order valence-corrected chi connectivity index (χ2v) is 7.04. The predicted octanol–water partition coefficient (Wildman–Crippen LogP) is 3.39. The van der Waals surface area contributed by atoms with E-state index in [1.807, 2.05) is 0 Å². The quantitative estimate of drug-likeness (QED) is 0.907. The molecule has 0 saturated carbocycles. The van der Waals surface area contributed by atoms with Gasteiger partial charge in [0.15, 0.2) is 0 Å². The predicted molar refractivity (Wildman–Crippen MR) is 86.5 cm³/mol. The Morgan fingerprint density at radius 3 is 2.85 bits per heavy atom. The average molecular weight is 272 g/mol. The molecule has 20 heavy (non-hydrogen) atoms. The van der Waals surface area contributed by atoms with E-state index in [4.69, 9.17) is 0 Å². The van der Waals surface area contributed by atoms with E-state index in [1.54, 1.807) is 11.1 Å². The zero-order chi connectivity index (χ0) is 14.1. The first-order valence-electron chi connectivity index (χ1n) is 8.25. The van der Waals surface area contributed by atoms with Crippen molar-refractivity contribution in [1.29, 1.82) is 0 Å². The van der Waals surface area contributed by atoms with E-state index in [-0.39, 0.29) is 0 Å². The van der Waals surface area contributed by atoms with Crippen LogP contribution >= 0.6 is 0 Å². The summed E-state index contributed by atoms with van der Waals surface area (Å²) in [4.78, 5) is 2.61. The molecule has 1 heterocycles. The third-order valence-electron chi connectivity index (χ3n) is 4.82. The summed E-state index contributed by atoms with van der Waals surface area (Å²) in [6.45, 7) is 9.23. The Bertz CT molecular complexity index is 466. The zero-order valence-electron chi connectivity index (χ0n) is 13.2. The first-order valence-corrected chi connectivity index (χ1v) is 8.25. The third kappa shape index (κ3) is 2.85. The van der Waals surface area contributed by atoms with E-state index < -0.39 is 0 Å². The van der Waals surface area contributed by atoms with Crippen molar-refractivity contribution in [2.24, 2.45) is 5.92 Å². The highest BCUT2D eigenvalue weighted by Crippen LogP contribution is 2.29. The van der Waals surface area contributed by atoms with E-state index in [9.17, 15) is 0 Å². The molecule has 1 aromatic carbocycles. The number of aryl methyl sites for hydroxylation is 2. The van der Waals surface area contributed by atoms with E-state index in [1.165, 1.54) is 31.4 Å². The van der Waals surface area contributed by atoms with Crippen molar-refractivity contribution in [2.75, 3.05) is 18.0 Å². The van der Waals surface area contributed by atoms with Crippen molar-refractivity contribution in [3.8, 4) is 0 Å². The molecule has 1 fully saturated rings. The summed E-state index contributed by atoms with van der Waals surface area (Å²) in [5.41, 5.74) is 4.61. The first kappa shape index (κ1) is 13.9. The fourth-order valence-electron chi connectivity index (χ4n) is 3.75. The Hall–Kier alpha value is -1.02. The summed E-state index contributed by atoms with van der Waals surface area (Å²) >= 11 is 0. The lowest BCUT2D eigenvalue weighted by Gasteiger charge is -2.41. The molecule has 0 spiro atoms. The summed E-state index contributed by atoms with van der Waals surface area (Å²) in [6.07, 6.45) is 5.17. The van der Waals surface area contributed by atoms with Crippen molar-refractivity contribution in [3.05, 3.63) is 29.3 Å². The molecule has 2 atom stereocenters. The van der Waals surface area contributed by atoms with Gasteiger partial charge >= 0.3 is 0 Å². The van der Waals surface area contributed by atoms with E-state index >= 15 is 0 Å². The van der Waals surface area contributed by atoms with Gasteiger partial charge in [-0.05, 0) is 61.8 Å². The van der Waals surface area contributed by atoms with Crippen LogP contribution in [0.15, 0.2) is 18.2 Å². The molecule has 1 aliphatic carbocycles. The smallest absolute Gasteiger partial charge is 0.0387 e. The molecular formula is C18H28N2. The van der Waals surface area contributed by atoms with Crippen LogP contribution in [0.25, 0.3) is 0 Å². The lowest BCUT2D eigenvalue weighted by atomic mass is 9.99. The first-order chi connectivity index (χ1) is 9.63. The summed E-state index contributed by atoms with van der Waals surface area (Å²) in [5, 5.41) is 3.71. The monoisotopic (exact) mass is 272 g/mol. The van der Waals surface area contributed by atoms with Gasteiger partial charge in [0.1, 0.15) is 0 Å². The lowest BCUT2D eigenvalue weighted by Crippen LogP contribution is -2.56. The number of hydrogen-bond acceptors (Lipinski definition) is 2. The molecule has 1 saturated heterocycles. The molecule has 0 aromatic heterocycles. The number of rotatable bonds is 3. The highest BCUT2D eigenvalue weighted by Gasteiger charge is 2.26. The molecule has 2 aliphatic rings. The standard InChI is InChI=1S/C18H28N2/c1-13(2)9-17-12-20(14(3)11-19-17)18-8-7-15-5-4-6-16(15)10-18/h7-8,10,13-14,17,19H,4-6,9,11-12H2,1-3H3. The lowest BCUT2D eigenvalue weighted by molar-refractivity contribution is 0.356. The van der Waals surface area contributed by atoms with Crippen LogP contribution in [0.4, 0.5) is 5.69 Å². The Balaban J connectivity index is 1.77. The van der Waals surface area contributed by atoms with E-state index in [2.05, 4.69) is 49.2 Å². The maximum atomic E-state index is 3.71. The second kappa shape index (κ2) is 5.77. The number of hydrogen-bond donors (Lipinski definition) is 1. The number of benzene rings is 1. The van der Waals surface area contributed by atoms with Crippen LogP contribution < -0.4 is 10.2 Å². The average Bonchev–Trinajstić information content (AvgIpc) is 2.87. The summed E-state index contributed by atoms with van der Waals surface area (Å²) in [6, 6.07) is 8.40. The fourth-order valence-corrected chi connectivity index (χ4v) is 3.75. The van der Waals surface area contributed by atoms with Gasteiger partial charge in [-0.3, -0.25) is 0 Å². The van der Waals surface area contributed by atoms with Crippen molar-refractivity contribution < 1.29 is 0 Å². The van der Waals surface area contributed by atoms with Crippen LogP contribution in [0.5, 0.6) is 0 Å². The molecule has 0 bridgehead atoms. The van der Waals surface area contributed by atoms with Gasteiger partial charge in [0.25, 0.3) is 0 Å². The van der Waals surface area contributed by atoms with Gasteiger partial charge < -0.3 is 10.2 Å². The third-order valence-corrected chi connectivity index (χ3v) is 4.82. The molecule has 1 N–H and O–H groups in total. The summed E-state index contributed by atoms with van der Waals surface area (Å²) < 4.78 is 0. The van der Waals surface area contributed by atoms with Gasteiger partial charge in [0, 0.05) is 30.9 Å². The van der Waals surface area contributed by atoms with E-state index in [0.29, 0.717) is 12.1 Å². The Morgan fingerprint density at radius 2 is 2.05 bits per heavy atom. The van der Waals surface area contributed by atoms with Crippen molar-refractivity contribution >= 4 is 5.69 Å².